The summed E-state index contributed by atoms with van der Waals surface area (Å²) in [6.45, 7) is 1.96. The molecule has 98 valence electrons. The normalized spacial score (nSPS) is 17.7. The van der Waals surface area contributed by atoms with Gasteiger partial charge in [-0.1, -0.05) is 18.9 Å². The van der Waals surface area contributed by atoms with Gasteiger partial charge in [0.05, 0.1) is 17.0 Å². The number of hydrogen-bond acceptors (Lipinski definition) is 2. The molecule has 18 heavy (non-hydrogen) atoms. The van der Waals surface area contributed by atoms with E-state index in [0.717, 1.165) is 28.4 Å². The molecule has 1 saturated carbocycles. The van der Waals surface area contributed by atoms with Crippen molar-refractivity contribution in [3.05, 3.63) is 27.7 Å². The zero-order valence-corrected chi connectivity index (χ0v) is 12.2. The first-order valence-electron chi connectivity index (χ1n) is 6.09. The molecule has 1 aliphatic rings. The average molecular weight is 313 g/mol. The largest absolute Gasteiger partial charge is 0.496 e. The maximum absolute atomic E-state index is 11.7. The van der Waals surface area contributed by atoms with Crippen molar-refractivity contribution in [2.45, 2.75) is 38.0 Å². The van der Waals surface area contributed by atoms with Gasteiger partial charge < -0.3 is 9.84 Å². The summed E-state index contributed by atoms with van der Waals surface area (Å²) in [5.74, 6) is -0.0223. The monoisotopic (exact) mass is 312 g/mol. The lowest BCUT2D eigenvalue weighted by atomic mass is 9.78. The number of aliphatic carboxylic acids is 1. The molecule has 0 aliphatic heterocycles. The third-order valence-electron chi connectivity index (χ3n) is 3.79. The van der Waals surface area contributed by atoms with Crippen LogP contribution < -0.4 is 4.74 Å². The lowest BCUT2D eigenvalue weighted by Crippen LogP contribution is -2.33. The molecule has 1 aliphatic carbocycles. The van der Waals surface area contributed by atoms with Crippen molar-refractivity contribution >= 4 is 21.9 Å². The van der Waals surface area contributed by atoms with Gasteiger partial charge in [0.1, 0.15) is 5.75 Å². The van der Waals surface area contributed by atoms with E-state index in [1.165, 1.54) is 0 Å². The molecular weight excluding hydrogens is 296 g/mol. The second-order valence-corrected chi connectivity index (χ2v) is 5.72. The molecule has 3 nitrogen and oxygen atoms in total. The number of ether oxygens (including phenoxy) is 1. The number of benzene rings is 1. The lowest BCUT2D eigenvalue weighted by Gasteiger charge is -2.27. The Labute approximate surface area is 115 Å². The Morgan fingerprint density at radius 3 is 2.50 bits per heavy atom. The topological polar surface area (TPSA) is 46.5 Å². The smallest absolute Gasteiger partial charge is 0.314 e. The highest BCUT2D eigenvalue weighted by Crippen LogP contribution is 2.46. The fourth-order valence-electron chi connectivity index (χ4n) is 2.81. The first-order valence-corrected chi connectivity index (χ1v) is 6.88. The molecule has 1 aromatic carbocycles. The average Bonchev–Trinajstić information content (AvgIpc) is 2.82. The highest BCUT2D eigenvalue weighted by Gasteiger charge is 2.44. The molecular formula is C14H17BrO3. The minimum Gasteiger partial charge on any atom is -0.496 e. The van der Waals surface area contributed by atoms with Gasteiger partial charge in [-0.3, -0.25) is 4.79 Å². The Balaban J connectivity index is 2.61. The van der Waals surface area contributed by atoms with Gasteiger partial charge in [-0.05, 0) is 52.9 Å². The van der Waals surface area contributed by atoms with Crippen molar-refractivity contribution in [1.82, 2.24) is 0 Å². The van der Waals surface area contributed by atoms with Crippen LogP contribution in [0.3, 0.4) is 0 Å². The predicted octanol–water partition coefficient (Wildman–Crippen LogP) is 3.66. The van der Waals surface area contributed by atoms with Gasteiger partial charge in [-0.15, -0.1) is 0 Å². The molecule has 0 bridgehead atoms. The molecule has 0 heterocycles. The van der Waals surface area contributed by atoms with E-state index >= 15 is 0 Å². The van der Waals surface area contributed by atoms with Crippen LogP contribution in [0.4, 0.5) is 0 Å². The summed E-state index contributed by atoms with van der Waals surface area (Å²) in [5.41, 5.74) is 1.12. The van der Waals surface area contributed by atoms with E-state index in [0.29, 0.717) is 18.6 Å². The molecule has 1 fully saturated rings. The Morgan fingerprint density at radius 2 is 2.00 bits per heavy atom. The Hall–Kier alpha value is -1.03. The van der Waals surface area contributed by atoms with Crippen LogP contribution in [0.5, 0.6) is 5.75 Å². The zero-order valence-electron chi connectivity index (χ0n) is 10.6. The highest BCUT2D eigenvalue weighted by molar-refractivity contribution is 9.10. The van der Waals surface area contributed by atoms with Gasteiger partial charge in [0, 0.05) is 0 Å². The maximum Gasteiger partial charge on any atom is 0.314 e. The van der Waals surface area contributed by atoms with E-state index in [4.69, 9.17) is 4.74 Å². The molecule has 1 N–H and O–H groups in total. The number of rotatable bonds is 3. The second-order valence-electron chi connectivity index (χ2n) is 4.92. The van der Waals surface area contributed by atoms with Gasteiger partial charge >= 0.3 is 5.97 Å². The minimum atomic E-state index is -0.752. The minimum absolute atomic E-state index is 0.702. The van der Waals surface area contributed by atoms with Crippen molar-refractivity contribution in [2.24, 2.45) is 0 Å². The van der Waals surface area contributed by atoms with E-state index in [-0.39, 0.29) is 0 Å². The number of carboxylic acids is 1. The van der Waals surface area contributed by atoms with Gasteiger partial charge in [0.15, 0.2) is 0 Å². The number of halogens is 1. The van der Waals surface area contributed by atoms with E-state index in [9.17, 15) is 9.90 Å². The number of hydrogen-bond donors (Lipinski definition) is 1. The third-order valence-corrected chi connectivity index (χ3v) is 4.60. The van der Waals surface area contributed by atoms with Crippen LogP contribution in [-0.2, 0) is 10.2 Å². The van der Waals surface area contributed by atoms with E-state index < -0.39 is 11.4 Å². The highest BCUT2D eigenvalue weighted by atomic mass is 79.9. The number of carbonyl (C=O) groups is 1. The SMILES string of the molecule is COc1cc(C)cc(C2(C(=O)O)CCCC2)c1Br. The van der Waals surface area contributed by atoms with Gasteiger partial charge in [-0.2, -0.15) is 0 Å². The summed E-state index contributed by atoms with van der Waals surface area (Å²) in [6, 6.07) is 3.88. The number of aryl methyl sites for hydroxylation is 1. The predicted molar refractivity (Wildman–Crippen MR) is 73.2 cm³/mol. The molecule has 0 aromatic heterocycles. The first-order chi connectivity index (χ1) is 8.51. The van der Waals surface area contributed by atoms with Crippen LogP contribution in [0.15, 0.2) is 16.6 Å². The van der Waals surface area contributed by atoms with E-state index in [1.807, 2.05) is 19.1 Å². The van der Waals surface area contributed by atoms with Crippen molar-refractivity contribution in [3.63, 3.8) is 0 Å². The van der Waals surface area contributed by atoms with Crippen molar-refractivity contribution in [2.75, 3.05) is 7.11 Å². The molecule has 1 aromatic rings. The summed E-state index contributed by atoms with van der Waals surface area (Å²) in [5, 5.41) is 9.63. The molecule has 0 saturated heterocycles. The standard InChI is InChI=1S/C14H17BrO3/c1-9-7-10(12(15)11(8-9)18-2)14(13(16)17)5-3-4-6-14/h7-8H,3-6H2,1-2H3,(H,16,17). The van der Waals surface area contributed by atoms with Crippen LogP contribution in [0.25, 0.3) is 0 Å². The molecule has 0 radical (unpaired) electrons. The molecule has 0 spiro atoms. The van der Waals surface area contributed by atoms with Crippen molar-refractivity contribution < 1.29 is 14.6 Å². The summed E-state index contributed by atoms with van der Waals surface area (Å²) in [6.07, 6.45) is 3.34. The Kier molecular flexibility index (Phi) is 3.66. The second kappa shape index (κ2) is 4.92. The summed E-state index contributed by atoms with van der Waals surface area (Å²) in [7, 11) is 1.60. The molecule has 0 amide bonds. The number of methoxy groups -OCH3 is 1. The summed E-state index contributed by atoms with van der Waals surface area (Å²) < 4.78 is 6.09. The van der Waals surface area contributed by atoms with E-state index in [1.54, 1.807) is 7.11 Å². The summed E-state index contributed by atoms with van der Waals surface area (Å²) in [4.78, 5) is 11.7. The van der Waals surface area contributed by atoms with Crippen LogP contribution in [0.1, 0.15) is 36.8 Å². The molecule has 4 heteroatoms. The summed E-state index contributed by atoms with van der Waals surface area (Å²) >= 11 is 3.50. The maximum atomic E-state index is 11.7. The van der Waals surface area contributed by atoms with Crippen LogP contribution >= 0.6 is 15.9 Å². The molecule has 0 unspecified atom stereocenters. The van der Waals surface area contributed by atoms with Crippen LogP contribution in [-0.4, -0.2) is 18.2 Å². The quantitative estimate of drug-likeness (QED) is 0.926. The fraction of sp³-hybridized carbons (Fsp3) is 0.500. The number of carboxylic acid groups (broad SMARTS) is 1. The first kappa shape index (κ1) is 13.4. The Bertz CT molecular complexity index is 476. The fourth-order valence-corrected chi connectivity index (χ4v) is 3.58. The van der Waals surface area contributed by atoms with Gasteiger partial charge in [0.25, 0.3) is 0 Å². The zero-order chi connectivity index (χ0) is 13.3. The molecule has 0 atom stereocenters. The lowest BCUT2D eigenvalue weighted by molar-refractivity contribution is -0.143. The van der Waals surface area contributed by atoms with Crippen LogP contribution in [0, 0.1) is 6.92 Å². The van der Waals surface area contributed by atoms with Gasteiger partial charge in [-0.25, -0.2) is 0 Å². The Morgan fingerprint density at radius 1 is 1.39 bits per heavy atom. The van der Waals surface area contributed by atoms with Crippen molar-refractivity contribution in [3.8, 4) is 5.75 Å². The van der Waals surface area contributed by atoms with Gasteiger partial charge in [0.2, 0.25) is 0 Å². The third kappa shape index (κ3) is 2.03. The van der Waals surface area contributed by atoms with Crippen LogP contribution in [0.2, 0.25) is 0 Å². The van der Waals surface area contributed by atoms with Crippen molar-refractivity contribution in [1.29, 1.82) is 0 Å². The molecule has 2 rings (SSSR count). The van der Waals surface area contributed by atoms with E-state index in [2.05, 4.69) is 15.9 Å².